The van der Waals surface area contributed by atoms with Gasteiger partial charge in [0.1, 0.15) is 0 Å². The van der Waals surface area contributed by atoms with E-state index in [1.54, 1.807) is 47.0 Å². The Balaban J connectivity index is 1.31. The first kappa shape index (κ1) is 20.4. The van der Waals surface area contributed by atoms with E-state index in [-0.39, 0.29) is 5.91 Å². The van der Waals surface area contributed by atoms with E-state index in [1.165, 1.54) is 21.9 Å². The van der Waals surface area contributed by atoms with Gasteiger partial charge in [0.05, 0.1) is 10.6 Å². The number of carbonyl (C=O) groups is 1. The van der Waals surface area contributed by atoms with E-state index in [4.69, 9.17) is 0 Å². The molecular weight excluding hydrogens is 404 g/mol. The summed E-state index contributed by atoms with van der Waals surface area (Å²) in [6.45, 7) is 1.60. The van der Waals surface area contributed by atoms with Crippen molar-refractivity contribution in [2.24, 2.45) is 0 Å². The number of benzene rings is 2. The minimum absolute atomic E-state index is 0.106. The zero-order chi connectivity index (χ0) is 20.3. The normalized spacial score (nSPS) is 20.3. The number of piperazine rings is 1. The minimum Gasteiger partial charge on any atom is -0.339 e. The number of hydrogen-bond donors (Lipinski definition) is 0. The van der Waals surface area contributed by atoms with Crippen molar-refractivity contribution in [1.29, 1.82) is 0 Å². The molecule has 7 heteroatoms. The first-order chi connectivity index (χ1) is 14.1. The molecule has 1 saturated heterocycles. The number of fused-ring (bicyclic) bond motifs is 1. The summed E-state index contributed by atoms with van der Waals surface area (Å²) < 4.78 is 26.9. The third-order valence-electron chi connectivity index (χ3n) is 5.69. The quantitative estimate of drug-likeness (QED) is 0.730. The third kappa shape index (κ3) is 4.52. The Labute approximate surface area is 177 Å². The molecule has 0 N–H and O–H groups in total. The second-order valence-corrected chi connectivity index (χ2v) is 10.6. The molecule has 0 saturated carbocycles. The van der Waals surface area contributed by atoms with Gasteiger partial charge in [0, 0.05) is 31.4 Å². The van der Waals surface area contributed by atoms with Crippen LogP contribution in [-0.4, -0.2) is 55.5 Å². The average Bonchev–Trinajstić information content (AvgIpc) is 2.78. The van der Waals surface area contributed by atoms with Gasteiger partial charge in [-0.3, -0.25) is 4.79 Å². The number of carbonyl (C=O) groups excluding carboxylic acids is 1. The molecule has 1 fully saturated rings. The fourth-order valence-electron chi connectivity index (χ4n) is 4.07. The number of rotatable bonds is 5. The largest absolute Gasteiger partial charge is 0.339 e. The first-order valence-electron chi connectivity index (χ1n) is 10.1. The van der Waals surface area contributed by atoms with Crippen LogP contribution in [0.1, 0.15) is 29.2 Å². The van der Waals surface area contributed by atoms with Gasteiger partial charge in [0.25, 0.3) is 0 Å². The van der Waals surface area contributed by atoms with Crippen LogP contribution in [0.2, 0.25) is 0 Å². The molecule has 2 aromatic carbocycles. The van der Waals surface area contributed by atoms with Crippen molar-refractivity contribution in [3.8, 4) is 0 Å². The molecule has 0 bridgehead atoms. The van der Waals surface area contributed by atoms with Gasteiger partial charge in [-0.25, -0.2) is 8.42 Å². The Hall–Kier alpha value is -1.83. The van der Waals surface area contributed by atoms with Crippen LogP contribution in [0.5, 0.6) is 0 Å². The van der Waals surface area contributed by atoms with Crippen LogP contribution in [0.25, 0.3) is 0 Å². The summed E-state index contributed by atoms with van der Waals surface area (Å²) >= 11 is 1.72. The summed E-state index contributed by atoms with van der Waals surface area (Å²) in [5.74, 6) is 0.555. The van der Waals surface area contributed by atoms with E-state index in [0.717, 1.165) is 12.8 Å². The zero-order valence-corrected chi connectivity index (χ0v) is 18.0. The Kier molecular flexibility index (Phi) is 6.27. The molecule has 0 radical (unpaired) electrons. The molecule has 1 atom stereocenters. The predicted molar refractivity (Wildman–Crippen MR) is 116 cm³/mol. The van der Waals surface area contributed by atoms with Crippen molar-refractivity contribution in [3.63, 3.8) is 0 Å². The van der Waals surface area contributed by atoms with Gasteiger partial charge < -0.3 is 4.90 Å². The van der Waals surface area contributed by atoms with E-state index >= 15 is 0 Å². The fraction of sp³-hybridized carbons (Fsp3) is 0.409. The Morgan fingerprint density at radius 2 is 1.66 bits per heavy atom. The molecule has 5 nitrogen and oxygen atoms in total. The maximum Gasteiger partial charge on any atom is 0.243 e. The van der Waals surface area contributed by atoms with Crippen LogP contribution in [0.4, 0.5) is 0 Å². The van der Waals surface area contributed by atoms with Crippen molar-refractivity contribution < 1.29 is 13.2 Å². The van der Waals surface area contributed by atoms with Crippen LogP contribution >= 0.6 is 11.8 Å². The monoisotopic (exact) mass is 430 g/mol. The molecule has 1 aliphatic heterocycles. The molecule has 2 aliphatic rings. The maximum absolute atomic E-state index is 12.7. The first-order valence-corrected chi connectivity index (χ1v) is 12.6. The lowest BCUT2D eigenvalue weighted by molar-refractivity contribution is -0.129. The van der Waals surface area contributed by atoms with Crippen molar-refractivity contribution in [3.05, 3.63) is 65.7 Å². The zero-order valence-electron chi connectivity index (χ0n) is 16.4. The van der Waals surface area contributed by atoms with Crippen molar-refractivity contribution in [2.45, 2.75) is 29.4 Å². The van der Waals surface area contributed by atoms with Gasteiger partial charge in [-0.2, -0.15) is 4.31 Å². The summed E-state index contributed by atoms with van der Waals surface area (Å²) in [4.78, 5) is 14.8. The number of hydrogen-bond acceptors (Lipinski definition) is 4. The van der Waals surface area contributed by atoms with Crippen LogP contribution in [0, 0.1) is 0 Å². The van der Waals surface area contributed by atoms with E-state index < -0.39 is 10.0 Å². The second-order valence-electron chi connectivity index (χ2n) is 7.49. The highest BCUT2D eigenvalue weighted by molar-refractivity contribution is 8.00. The lowest BCUT2D eigenvalue weighted by Crippen LogP contribution is -2.51. The fourth-order valence-corrected chi connectivity index (χ4v) is 6.78. The predicted octanol–water partition coefficient (Wildman–Crippen LogP) is 3.33. The van der Waals surface area contributed by atoms with E-state index in [0.29, 0.717) is 42.1 Å². The molecule has 1 amide bonds. The molecule has 0 aromatic heterocycles. The van der Waals surface area contributed by atoms with Gasteiger partial charge in [0.2, 0.25) is 15.9 Å². The van der Waals surface area contributed by atoms with Crippen molar-refractivity contribution >= 4 is 27.7 Å². The van der Waals surface area contributed by atoms with E-state index in [1.807, 2.05) is 0 Å². The Morgan fingerprint density at radius 3 is 2.41 bits per heavy atom. The van der Waals surface area contributed by atoms with Gasteiger partial charge in [0.15, 0.2) is 0 Å². The van der Waals surface area contributed by atoms with Crippen molar-refractivity contribution in [2.75, 3.05) is 31.9 Å². The van der Waals surface area contributed by atoms with Crippen LogP contribution in [0.3, 0.4) is 0 Å². The Bertz CT molecular complexity index is 955. The van der Waals surface area contributed by atoms with Gasteiger partial charge in [-0.1, -0.05) is 42.5 Å². The molecule has 29 heavy (non-hydrogen) atoms. The molecule has 1 aliphatic carbocycles. The highest BCUT2D eigenvalue weighted by Gasteiger charge is 2.30. The smallest absolute Gasteiger partial charge is 0.243 e. The van der Waals surface area contributed by atoms with Gasteiger partial charge in [-0.15, -0.1) is 11.8 Å². The highest BCUT2D eigenvalue weighted by Crippen LogP contribution is 2.39. The average molecular weight is 431 g/mol. The molecule has 1 unspecified atom stereocenters. The topological polar surface area (TPSA) is 57.7 Å². The second kappa shape index (κ2) is 8.90. The number of thioether (sulfide) groups is 1. The number of aryl methyl sites for hydroxylation is 1. The lowest BCUT2D eigenvalue weighted by atomic mass is 9.91. The summed E-state index contributed by atoms with van der Waals surface area (Å²) in [6.07, 6.45) is 3.40. The summed E-state index contributed by atoms with van der Waals surface area (Å²) in [5, 5.41) is 0.378. The Morgan fingerprint density at radius 1 is 0.966 bits per heavy atom. The standard InChI is InChI=1S/C22H26N2O3S2/c25-22(17-28-21-12-6-8-18-7-4-5-11-20(18)21)23-13-15-24(16-14-23)29(26,27)19-9-2-1-3-10-19/h1-5,7,9-11,21H,6,8,12-17H2. The van der Waals surface area contributed by atoms with Crippen LogP contribution in [-0.2, 0) is 21.2 Å². The van der Waals surface area contributed by atoms with Crippen molar-refractivity contribution in [1.82, 2.24) is 9.21 Å². The summed E-state index contributed by atoms with van der Waals surface area (Å²) in [7, 11) is -3.48. The molecule has 0 spiro atoms. The number of nitrogens with zero attached hydrogens (tertiary/aromatic N) is 2. The minimum atomic E-state index is -3.48. The van der Waals surface area contributed by atoms with E-state index in [9.17, 15) is 13.2 Å². The van der Waals surface area contributed by atoms with Gasteiger partial charge in [-0.05, 0) is 42.5 Å². The number of sulfonamides is 1. The van der Waals surface area contributed by atoms with Crippen LogP contribution < -0.4 is 0 Å². The van der Waals surface area contributed by atoms with E-state index in [2.05, 4.69) is 24.3 Å². The molecule has 2 aromatic rings. The van der Waals surface area contributed by atoms with Gasteiger partial charge >= 0.3 is 0 Å². The highest BCUT2D eigenvalue weighted by atomic mass is 32.2. The third-order valence-corrected chi connectivity index (χ3v) is 8.91. The summed E-state index contributed by atoms with van der Waals surface area (Å²) in [6, 6.07) is 17.0. The maximum atomic E-state index is 12.7. The molecule has 4 rings (SSSR count). The number of amides is 1. The molecule has 1 heterocycles. The SMILES string of the molecule is O=C(CSC1CCCc2ccccc21)N1CCN(S(=O)(=O)c2ccccc2)CC1. The van der Waals surface area contributed by atoms with Crippen LogP contribution in [0.15, 0.2) is 59.5 Å². The lowest BCUT2D eigenvalue weighted by Gasteiger charge is -2.34. The molecular formula is C22H26N2O3S2. The molecule has 154 valence electrons. The summed E-state index contributed by atoms with van der Waals surface area (Å²) in [5.41, 5.74) is 2.78.